The Morgan fingerprint density at radius 1 is 1.00 bits per heavy atom. The lowest BCUT2D eigenvalue weighted by molar-refractivity contribution is 0.0729. The second-order valence-corrected chi connectivity index (χ2v) is 7.27. The van der Waals surface area contributed by atoms with Crippen LogP contribution in [0.25, 0.3) is 5.69 Å². The van der Waals surface area contributed by atoms with E-state index in [0.717, 1.165) is 42.0 Å². The quantitative estimate of drug-likeness (QED) is 0.686. The van der Waals surface area contributed by atoms with Gasteiger partial charge in [-0.25, -0.2) is 0 Å². The highest BCUT2D eigenvalue weighted by Gasteiger charge is 2.32. The van der Waals surface area contributed by atoms with Gasteiger partial charge in [-0.3, -0.25) is 4.79 Å². The van der Waals surface area contributed by atoms with Crippen molar-refractivity contribution in [2.24, 2.45) is 0 Å². The number of nitrogens with zero attached hydrogens (tertiary/aromatic N) is 4. The summed E-state index contributed by atoms with van der Waals surface area (Å²) in [5.41, 5.74) is 2.25. The highest BCUT2D eigenvalue weighted by Crippen LogP contribution is 2.38. The van der Waals surface area contributed by atoms with Gasteiger partial charge in [0, 0.05) is 13.0 Å². The molecule has 0 saturated carbocycles. The molecule has 0 aliphatic carbocycles. The maximum absolute atomic E-state index is 13.2. The molecule has 7 heteroatoms. The van der Waals surface area contributed by atoms with Crippen LogP contribution in [0.5, 0.6) is 11.5 Å². The summed E-state index contributed by atoms with van der Waals surface area (Å²) in [7, 11) is 0. The molecule has 0 bridgehead atoms. The first-order valence-corrected chi connectivity index (χ1v) is 9.98. The molecule has 1 saturated heterocycles. The molecule has 2 aliphatic rings. The number of hydrogen-bond acceptors (Lipinski definition) is 5. The SMILES string of the molecule is O=C(c1cnn(-c2ccccc2)n1)N1CCCC1c1ccc2c(c1)OCCCO2. The van der Waals surface area contributed by atoms with Crippen molar-refractivity contribution in [1.29, 1.82) is 0 Å². The van der Waals surface area contributed by atoms with Gasteiger partial charge in [-0.05, 0) is 42.7 Å². The van der Waals surface area contributed by atoms with Crippen molar-refractivity contribution in [2.75, 3.05) is 19.8 Å². The summed E-state index contributed by atoms with van der Waals surface area (Å²) >= 11 is 0. The van der Waals surface area contributed by atoms with Crippen LogP contribution in [0.15, 0.2) is 54.7 Å². The van der Waals surface area contributed by atoms with Gasteiger partial charge in [0.1, 0.15) is 0 Å². The van der Waals surface area contributed by atoms with Gasteiger partial charge in [-0.15, -0.1) is 5.10 Å². The lowest BCUT2D eigenvalue weighted by atomic mass is 10.0. The summed E-state index contributed by atoms with van der Waals surface area (Å²) in [4.78, 5) is 16.6. The van der Waals surface area contributed by atoms with Crippen LogP contribution in [-0.2, 0) is 0 Å². The Balaban J connectivity index is 1.39. The number of fused-ring (bicyclic) bond motifs is 1. The number of amides is 1. The second-order valence-electron chi connectivity index (χ2n) is 7.27. The zero-order valence-electron chi connectivity index (χ0n) is 16.0. The smallest absolute Gasteiger partial charge is 0.276 e. The van der Waals surface area contributed by atoms with Crippen molar-refractivity contribution in [2.45, 2.75) is 25.3 Å². The minimum Gasteiger partial charge on any atom is -0.490 e. The standard InChI is InChI=1S/C22H22N4O3/c27-22(18-15-23-26(24-18)17-6-2-1-3-7-17)25-11-4-8-19(25)16-9-10-20-21(14-16)29-13-5-12-28-20/h1-3,6-7,9-10,14-15,19H,4-5,8,11-13H2. The molecule has 7 nitrogen and oxygen atoms in total. The van der Waals surface area contributed by atoms with Crippen LogP contribution >= 0.6 is 0 Å². The number of aromatic nitrogens is 3. The summed E-state index contributed by atoms with van der Waals surface area (Å²) in [5, 5.41) is 8.67. The van der Waals surface area contributed by atoms with Gasteiger partial charge in [0.15, 0.2) is 17.2 Å². The first-order chi connectivity index (χ1) is 14.3. The largest absolute Gasteiger partial charge is 0.490 e. The van der Waals surface area contributed by atoms with Crippen molar-refractivity contribution in [3.05, 3.63) is 66.0 Å². The Bertz CT molecular complexity index is 1020. The molecule has 1 amide bonds. The van der Waals surface area contributed by atoms with Crippen LogP contribution in [0.2, 0.25) is 0 Å². The summed E-state index contributed by atoms with van der Waals surface area (Å²) in [5.74, 6) is 1.43. The Morgan fingerprint density at radius 3 is 2.69 bits per heavy atom. The molecule has 29 heavy (non-hydrogen) atoms. The second kappa shape index (κ2) is 7.58. The minimum atomic E-state index is -0.0956. The van der Waals surface area contributed by atoms with Crippen LogP contribution in [0.3, 0.4) is 0 Å². The van der Waals surface area contributed by atoms with Crippen molar-refractivity contribution < 1.29 is 14.3 Å². The fraction of sp³-hybridized carbons (Fsp3) is 0.318. The molecule has 5 rings (SSSR count). The zero-order valence-corrected chi connectivity index (χ0v) is 16.0. The van der Waals surface area contributed by atoms with E-state index >= 15 is 0 Å². The van der Waals surface area contributed by atoms with Crippen LogP contribution < -0.4 is 9.47 Å². The molecular weight excluding hydrogens is 368 g/mol. The first kappa shape index (κ1) is 17.7. The van der Waals surface area contributed by atoms with Gasteiger partial charge in [-0.2, -0.15) is 9.90 Å². The molecule has 1 unspecified atom stereocenters. The number of ether oxygens (including phenoxy) is 2. The lowest BCUT2D eigenvalue weighted by Gasteiger charge is -2.24. The van der Waals surface area contributed by atoms with Crippen molar-refractivity contribution in [3.8, 4) is 17.2 Å². The van der Waals surface area contributed by atoms with Gasteiger partial charge in [0.25, 0.3) is 5.91 Å². The number of likely N-dealkylation sites (tertiary alicyclic amines) is 1. The highest BCUT2D eigenvalue weighted by molar-refractivity contribution is 5.92. The van der Waals surface area contributed by atoms with Crippen molar-refractivity contribution >= 4 is 5.91 Å². The predicted octanol–water partition coefficient (Wildman–Crippen LogP) is 3.41. The maximum atomic E-state index is 13.2. The summed E-state index contributed by atoms with van der Waals surface area (Å²) in [6.07, 6.45) is 4.28. The zero-order chi connectivity index (χ0) is 19.6. The van der Waals surface area contributed by atoms with Crippen LogP contribution in [-0.4, -0.2) is 45.6 Å². The van der Waals surface area contributed by atoms with Crippen LogP contribution in [0.1, 0.15) is 41.4 Å². The molecular formula is C22H22N4O3. The van der Waals surface area contributed by atoms with E-state index in [2.05, 4.69) is 10.2 Å². The third-order valence-electron chi connectivity index (χ3n) is 5.37. The molecule has 148 valence electrons. The Morgan fingerprint density at radius 2 is 1.83 bits per heavy atom. The number of carbonyl (C=O) groups is 1. The topological polar surface area (TPSA) is 69.5 Å². The summed E-state index contributed by atoms with van der Waals surface area (Å²) < 4.78 is 11.6. The molecule has 0 spiro atoms. The number of carbonyl (C=O) groups excluding carboxylic acids is 1. The number of hydrogen-bond donors (Lipinski definition) is 0. The van der Waals surface area contributed by atoms with E-state index in [4.69, 9.17) is 9.47 Å². The van der Waals surface area contributed by atoms with Gasteiger partial charge in [0.2, 0.25) is 0 Å². The van der Waals surface area contributed by atoms with Gasteiger partial charge >= 0.3 is 0 Å². The molecule has 0 radical (unpaired) electrons. The highest BCUT2D eigenvalue weighted by atomic mass is 16.5. The molecule has 3 aromatic rings. The average molecular weight is 390 g/mol. The maximum Gasteiger partial charge on any atom is 0.276 e. The van der Waals surface area contributed by atoms with Crippen LogP contribution in [0.4, 0.5) is 0 Å². The minimum absolute atomic E-state index is 0.00142. The summed E-state index contributed by atoms with van der Waals surface area (Å²) in [6, 6.07) is 15.6. The van der Waals surface area contributed by atoms with Crippen LogP contribution in [0, 0.1) is 0 Å². The third kappa shape index (κ3) is 3.44. The molecule has 1 aromatic heterocycles. The van der Waals surface area contributed by atoms with E-state index in [0.29, 0.717) is 25.5 Å². The van der Waals surface area contributed by atoms with Gasteiger partial charge < -0.3 is 14.4 Å². The normalized spacial score (nSPS) is 18.5. The van der Waals surface area contributed by atoms with E-state index in [9.17, 15) is 4.79 Å². The molecule has 1 atom stereocenters. The van der Waals surface area contributed by atoms with Crippen molar-refractivity contribution in [1.82, 2.24) is 19.9 Å². The molecule has 2 aromatic carbocycles. The Hall–Kier alpha value is -3.35. The monoisotopic (exact) mass is 390 g/mol. The first-order valence-electron chi connectivity index (χ1n) is 9.98. The molecule has 1 fully saturated rings. The predicted molar refractivity (Wildman–Crippen MR) is 106 cm³/mol. The Labute approximate surface area is 168 Å². The van der Waals surface area contributed by atoms with Crippen molar-refractivity contribution in [3.63, 3.8) is 0 Å². The van der Waals surface area contributed by atoms with E-state index < -0.39 is 0 Å². The number of rotatable bonds is 3. The fourth-order valence-corrected chi connectivity index (χ4v) is 3.94. The molecule has 2 aliphatic heterocycles. The lowest BCUT2D eigenvalue weighted by Crippen LogP contribution is -2.31. The van der Waals surface area contributed by atoms with E-state index in [-0.39, 0.29) is 11.9 Å². The number of benzene rings is 2. The fourth-order valence-electron chi connectivity index (χ4n) is 3.94. The summed E-state index contributed by atoms with van der Waals surface area (Å²) in [6.45, 7) is 2.01. The average Bonchev–Trinajstić information content (AvgIpc) is 3.39. The molecule has 3 heterocycles. The third-order valence-corrected chi connectivity index (χ3v) is 5.37. The number of para-hydroxylation sites is 1. The van der Waals surface area contributed by atoms with E-state index in [1.807, 2.05) is 53.4 Å². The Kier molecular flexibility index (Phi) is 4.63. The molecule has 0 N–H and O–H groups in total. The van der Waals surface area contributed by atoms with Gasteiger partial charge in [0.05, 0.1) is 31.1 Å². The van der Waals surface area contributed by atoms with E-state index in [1.165, 1.54) is 4.80 Å². The van der Waals surface area contributed by atoms with E-state index in [1.54, 1.807) is 6.20 Å². The van der Waals surface area contributed by atoms with Gasteiger partial charge in [-0.1, -0.05) is 24.3 Å².